The fourth-order valence-corrected chi connectivity index (χ4v) is 2.41. The summed E-state index contributed by atoms with van der Waals surface area (Å²) < 4.78 is 0. The highest BCUT2D eigenvalue weighted by molar-refractivity contribution is 6.42. The highest BCUT2D eigenvalue weighted by Gasteiger charge is 2.16. The van der Waals surface area contributed by atoms with Crippen molar-refractivity contribution in [3.8, 4) is 0 Å². The van der Waals surface area contributed by atoms with Crippen LogP contribution in [0, 0.1) is 0 Å². The molecular formula is C14H12Cl3NO. The van der Waals surface area contributed by atoms with Gasteiger partial charge < -0.3 is 10.4 Å². The van der Waals surface area contributed by atoms with Crippen molar-refractivity contribution in [3.63, 3.8) is 0 Å². The Hall–Kier alpha value is -0.930. The Morgan fingerprint density at radius 2 is 1.63 bits per heavy atom. The Morgan fingerprint density at radius 1 is 0.947 bits per heavy atom. The third-order valence-corrected chi connectivity index (χ3v) is 3.91. The van der Waals surface area contributed by atoms with E-state index < -0.39 is 0 Å². The normalized spacial score (nSPS) is 12.2. The van der Waals surface area contributed by atoms with E-state index in [0.29, 0.717) is 15.1 Å². The van der Waals surface area contributed by atoms with Crippen LogP contribution in [0.15, 0.2) is 42.5 Å². The van der Waals surface area contributed by atoms with Crippen LogP contribution in [0.5, 0.6) is 0 Å². The van der Waals surface area contributed by atoms with E-state index in [9.17, 15) is 5.11 Å². The predicted octanol–water partition coefficient (Wildman–Crippen LogP) is 4.79. The SMILES string of the molecule is OCC(Nc1ccccc1Cl)c1cccc(Cl)c1Cl. The molecule has 2 aromatic rings. The third-order valence-electron chi connectivity index (χ3n) is 2.74. The molecule has 100 valence electrons. The summed E-state index contributed by atoms with van der Waals surface area (Å²) in [6.07, 6.45) is 0. The van der Waals surface area contributed by atoms with Crippen LogP contribution in [0.3, 0.4) is 0 Å². The average Bonchev–Trinajstić information content (AvgIpc) is 2.41. The smallest absolute Gasteiger partial charge is 0.0760 e. The van der Waals surface area contributed by atoms with Crippen molar-refractivity contribution in [2.24, 2.45) is 0 Å². The maximum absolute atomic E-state index is 9.54. The minimum absolute atomic E-state index is 0.120. The Bertz CT molecular complexity index is 574. The summed E-state index contributed by atoms with van der Waals surface area (Å²) in [5.74, 6) is 0. The number of halogens is 3. The number of hydrogen-bond donors (Lipinski definition) is 2. The van der Waals surface area contributed by atoms with Gasteiger partial charge in [-0.15, -0.1) is 0 Å². The summed E-state index contributed by atoms with van der Waals surface area (Å²) in [6.45, 7) is -0.120. The first-order chi connectivity index (χ1) is 9.13. The standard InChI is InChI=1S/C14H12Cl3NO/c15-10-5-1-2-7-12(10)18-13(8-19)9-4-3-6-11(16)14(9)17/h1-7,13,18-19H,8H2. The number of rotatable bonds is 4. The van der Waals surface area contributed by atoms with Crippen LogP contribution in [0.1, 0.15) is 11.6 Å². The van der Waals surface area contributed by atoms with E-state index in [0.717, 1.165) is 11.3 Å². The van der Waals surface area contributed by atoms with Crippen molar-refractivity contribution in [1.29, 1.82) is 0 Å². The Morgan fingerprint density at radius 3 is 2.32 bits per heavy atom. The minimum atomic E-state index is -0.369. The first-order valence-electron chi connectivity index (χ1n) is 5.69. The van der Waals surface area contributed by atoms with Crippen LogP contribution in [-0.2, 0) is 0 Å². The molecule has 2 rings (SSSR count). The summed E-state index contributed by atoms with van der Waals surface area (Å²) in [4.78, 5) is 0. The lowest BCUT2D eigenvalue weighted by Gasteiger charge is -2.20. The second-order valence-electron chi connectivity index (χ2n) is 4.00. The average molecular weight is 317 g/mol. The molecule has 19 heavy (non-hydrogen) atoms. The van der Waals surface area contributed by atoms with Gasteiger partial charge in [0.15, 0.2) is 0 Å². The lowest BCUT2D eigenvalue weighted by Crippen LogP contribution is -2.15. The van der Waals surface area contributed by atoms with Gasteiger partial charge in [-0.2, -0.15) is 0 Å². The van der Waals surface area contributed by atoms with Crippen molar-refractivity contribution in [1.82, 2.24) is 0 Å². The molecular weight excluding hydrogens is 305 g/mol. The third kappa shape index (κ3) is 3.34. The first kappa shape index (κ1) is 14.5. The second-order valence-corrected chi connectivity index (χ2v) is 5.19. The zero-order chi connectivity index (χ0) is 13.8. The lowest BCUT2D eigenvalue weighted by atomic mass is 10.1. The van der Waals surface area contributed by atoms with Gasteiger partial charge >= 0.3 is 0 Å². The van der Waals surface area contributed by atoms with Gasteiger partial charge in [-0.25, -0.2) is 0 Å². The van der Waals surface area contributed by atoms with Gasteiger partial charge in [0.1, 0.15) is 0 Å². The van der Waals surface area contributed by atoms with Gasteiger partial charge in [-0.05, 0) is 23.8 Å². The van der Waals surface area contributed by atoms with E-state index in [-0.39, 0.29) is 12.6 Å². The molecule has 0 aliphatic carbocycles. The molecule has 0 spiro atoms. The molecule has 1 unspecified atom stereocenters. The van der Waals surface area contributed by atoms with Crippen molar-refractivity contribution in [2.45, 2.75) is 6.04 Å². The van der Waals surface area contributed by atoms with Crippen molar-refractivity contribution < 1.29 is 5.11 Å². The first-order valence-corrected chi connectivity index (χ1v) is 6.82. The molecule has 2 aromatic carbocycles. The van der Waals surface area contributed by atoms with Crippen molar-refractivity contribution >= 4 is 40.5 Å². The summed E-state index contributed by atoms with van der Waals surface area (Å²) in [6, 6.07) is 12.3. The van der Waals surface area contributed by atoms with E-state index in [4.69, 9.17) is 34.8 Å². The lowest BCUT2D eigenvalue weighted by molar-refractivity contribution is 0.276. The number of aliphatic hydroxyl groups is 1. The van der Waals surface area contributed by atoms with E-state index in [1.54, 1.807) is 18.2 Å². The Kier molecular flexibility index (Phi) is 4.94. The fraction of sp³-hybridized carbons (Fsp3) is 0.143. The molecule has 0 aliphatic rings. The van der Waals surface area contributed by atoms with Crippen LogP contribution in [0.2, 0.25) is 15.1 Å². The molecule has 0 bridgehead atoms. The molecule has 0 radical (unpaired) electrons. The molecule has 0 heterocycles. The summed E-state index contributed by atoms with van der Waals surface area (Å²) in [5, 5.41) is 14.2. The molecule has 0 aromatic heterocycles. The monoisotopic (exact) mass is 315 g/mol. The van der Waals surface area contributed by atoms with E-state index in [2.05, 4.69) is 5.32 Å². The number of anilines is 1. The molecule has 1 atom stereocenters. The largest absolute Gasteiger partial charge is 0.394 e. The molecule has 2 nitrogen and oxygen atoms in total. The molecule has 0 aliphatic heterocycles. The van der Waals surface area contributed by atoms with Gasteiger partial charge in [0, 0.05) is 0 Å². The molecule has 2 N–H and O–H groups in total. The molecule has 0 fully saturated rings. The maximum atomic E-state index is 9.54. The van der Waals surface area contributed by atoms with E-state index in [1.165, 1.54) is 0 Å². The molecule has 0 amide bonds. The fourth-order valence-electron chi connectivity index (χ4n) is 1.78. The minimum Gasteiger partial charge on any atom is -0.394 e. The summed E-state index contributed by atoms with van der Waals surface area (Å²) in [5.41, 5.74) is 1.47. The number of para-hydroxylation sites is 1. The zero-order valence-corrected chi connectivity index (χ0v) is 12.2. The number of nitrogens with one attached hydrogen (secondary N) is 1. The van der Waals surface area contributed by atoms with Gasteiger partial charge in [0.25, 0.3) is 0 Å². The second kappa shape index (κ2) is 6.49. The van der Waals surface area contributed by atoms with Crippen LogP contribution in [0.25, 0.3) is 0 Å². The van der Waals surface area contributed by atoms with Crippen molar-refractivity contribution in [2.75, 3.05) is 11.9 Å². The maximum Gasteiger partial charge on any atom is 0.0760 e. The zero-order valence-electron chi connectivity index (χ0n) is 9.91. The topological polar surface area (TPSA) is 32.3 Å². The van der Waals surface area contributed by atoms with Gasteiger partial charge in [0.2, 0.25) is 0 Å². The molecule has 5 heteroatoms. The van der Waals surface area contributed by atoms with Crippen LogP contribution in [-0.4, -0.2) is 11.7 Å². The molecule has 0 saturated carbocycles. The summed E-state index contributed by atoms with van der Waals surface area (Å²) >= 11 is 18.2. The Labute approximate surface area is 126 Å². The molecule has 0 saturated heterocycles. The number of aliphatic hydroxyl groups excluding tert-OH is 1. The quantitative estimate of drug-likeness (QED) is 0.850. The van der Waals surface area contributed by atoms with Gasteiger partial charge in [-0.1, -0.05) is 59.1 Å². The Balaban J connectivity index is 2.31. The highest BCUT2D eigenvalue weighted by atomic mass is 35.5. The van der Waals surface area contributed by atoms with E-state index in [1.807, 2.05) is 24.3 Å². The van der Waals surface area contributed by atoms with Crippen LogP contribution >= 0.6 is 34.8 Å². The van der Waals surface area contributed by atoms with Gasteiger partial charge in [0.05, 0.1) is 33.4 Å². The predicted molar refractivity (Wildman–Crippen MR) is 81.4 cm³/mol. The number of benzene rings is 2. The van der Waals surface area contributed by atoms with Crippen LogP contribution < -0.4 is 5.32 Å². The van der Waals surface area contributed by atoms with Crippen LogP contribution in [0.4, 0.5) is 5.69 Å². The highest BCUT2D eigenvalue weighted by Crippen LogP contribution is 2.32. The van der Waals surface area contributed by atoms with Gasteiger partial charge in [-0.3, -0.25) is 0 Å². The summed E-state index contributed by atoms with van der Waals surface area (Å²) in [7, 11) is 0. The van der Waals surface area contributed by atoms with Crippen molar-refractivity contribution in [3.05, 3.63) is 63.1 Å². The number of hydrogen-bond acceptors (Lipinski definition) is 2. The van der Waals surface area contributed by atoms with E-state index >= 15 is 0 Å².